The van der Waals surface area contributed by atoms with Crippen molar-refractivity contribution in [2.24, 2.45) is 11.1 Å². The van der Waals surface area contributed by atoms with E-state index in [1.165, 1.54) is 0 Å². The average Bonchev–Trinajstić information content (AvgIpc) is 2.29. The molecule has 0 aliphatic heterocycles. The topological polar surface area (TPSA) is 69.4 Å². The van der Waals surface area contributed by atoms with Crippen molar-refractivity contribution in [3.05, 3.63) is 27.1 Å². The smallest absolute Gasteiger partial charge is 0.209 e. The van der Waals surface area contributed by atoms with E-state index in [2.05, 4.69) is 31.9 Å². The summed E-state index contributed by atoms with van der Waals surface area (Å²) < 4.78 is 29.2. The van der Waals surface area contributed by atoms with Crippen molar-refractivity contribution in [2.75, 3.05) is 12.4 Å². The summed E-state index contributed by atoms with van der Waals surface area (Å²) in [7, 11) is -3.37. The number of sulfonamides is 1. The largest absolute Gasteiger partial charge is 0.491 e. The lowest BCUT2D eigenvalue weighted by Crippen LogP contribution is -2.18. The Morgan fingerprint density at radius 3 is 2.37 bits per heavy atom. The predicted octanol–water partition coefficient (Wildman–Crippen LogP) is 3.30. The Morgan fingerprint density at radius 2 is 1.84 bits per heavy atom. The summed E-state index contributed by atoms with van der Waals surface area (Å²) >= 11 is 6.84. The lowest BCUT2D eigenvalue weighted by atomic mass is 10.1. The summed E-state index contributed by atoms with van der Waals surface area (Å²) in [5, 5.41) is 4.97. The zero-order valence-electron chi connectivity index (χ0n) is 10.6. The van der Waals surface area contributed by atoms with E-state index in [1.54, 1.807) is 0 Å². The number of hydrogen-bond donors (Lipinski definition) is 1. The first-order valence-electron chi connectivity index (χ1n) is 5.87. The average molecular weight is 415 g/mol. The highest BCUT2D eigenvalue weighted by atomic mass is 79.9. The maximum Gasteiger partial charge on any atom is 0.209 e. The van der Waals surface area contributed by atoms with Crippen molar-refractivity contribution >= 4 is 41.9 Å². The Kier molecular flexibility index (Phi) is 6.79. The summed E-state index contributed by atoms with van der Waals surface area (Å²) in [6, 6.07) is 5.73. The summed E-state index contributed by atoms with van der Waals surface area (Å²) in [4.78, 5) is 0. The number of hydrogen-bond acceptors (Lipinski definition) is 3. The van der Waals surface area contributed by atoms with Crippen molar-refractivity contribution in [1.29, 1.82) is 0 Å². The van der Waals surface area contributed by atoms with Crippen LogP contribution in [0.3, 0.4) is 0 Å². The molecule has 1 aromatic carbocycles. The molecule has 0 saturated carbocycles. The minimum atomic E-state index is -3.37. The third-order valence-electron chi connectivity index (χ3n) is 2.67. The quantitative estimate of drug-likeness (QED) is 0.743. The minimum absolute atomic E-state index is 0.0207. The molecule has 2 N–H and O–H groups in total. The standard InChI is InChI=1S/C12H17Br2NO3S/c1-9(6-8-19(15,16)17)5-7-18-12-10(13)3-2-4-11(12)14/h2-4,9H,5-8H2,1H3,(H2,15,16,17). The summed E-state index contributed by atoms with van der Waals surface area (Å²) in [6.07, 6.45) is 1.34. The van der Waals surface area contributed by atoms with Gasteiger partial charge in [0.25, 0.3) is 0 Å². The van der Waals surface area contributed by atoms with Gasteiger partial charge in [-0.3, -0.25) is 0 Å². The molecule has 1 atom stereocenters. The van der Waals surface area contributed by atoms with Crippen LogP contribution in [0.25, 0.3) is 0 Å². The van der Waals surface area contributed by atoms with Crippen LogP contribution in [0.1, 0.15) is 19.8 Å². The Hall–Kier alpha value is -0.110. The van der Waals surface area contributed by atoms with Gasteiger partial charge in [0, 0.05) is 0 Å². The molecule has 0 heterocycles. The van der Waals surface area contributed by atoms with Crippen LogP contribution in [0.4, 0.5) is 0 Å². The van der Waals surface area contributed by atoms with Crippen LogP contribution >= 0.6 is 31.9 Å². The van der Waals surface area contributed by atoms with E-state index in [9.17, 15) is 8.42 Å². The van der Waals surface area contributed by atoms with E-state index in [-0.39, 0.29) is 11.7 Å². The second-order valence-electron chi connectivity index (χ2n) is 4.45. The molecule has 0 bridgehead atoms. The molecule has 4 nitrogen and oxygen atoms in total. The first kappa shape index (κ1) is 16.9. The zero-order chi connectivity index (χ0) is 14.5. The molecule has 19 heavy (non-hydrogen) atoms. The molecule has 0 fully saturated rings. The van der Waals surface area contributed by atoms with Gasteiger partial charge in [0.05, 0.1) is 21.3 Å². The van der Waals surface area contributed by atoms with Crippen LogP contribution in [0.5, 0.6) is 5.75 Å². The van der Waals surface area contributed by atoms with Crippen molar-refractivity contribution in [3.63, 3.8) is 0 Å². The van der Waals surface area contributed by atoms with Gasteiger partial charge in [-0.1, -0.05) is 13.0 Å². The van der Waals surface area contributed by atoms with Gasteiger partial charge in [-0.25, -0.2) is 13.6 Å². The SMILES string of the molecule is CC(CCOc1c(Br)cccc1Br)CCS(N)(=O)=O. The van der Waals surface area contributed by atoms with Gasteiger partial charge in [-0.15, -0.1) is 0 Å². The van der Waals surface area contributed by atoms with Crippen LogP contribution in [-0.2, 0) is 10.0 Å². The van der Waals surface area contributed by atoms with Crippen LogP contribution in [0.15, 0.2) is 27.1 Å². The van der Waals surface area contributed by atoms with Crippen molar-refractivity contribution in [1.82, 2.24) is 0 Å². The lowest BCUT2D eigenvalue weighted by molar-refractivity contribution is 0.279. The number of halogens is 2. The second-order valence-corrected chi connectivity index (χ2v) is 7.89. The summed E-state index contributed by atoms with van der Waals surface area (Å²) in [6.45, 7) is 2.52. The molecular formula is C12H17Br2NO3S. The number of ether oxygens (including phenoxy) is 1. The number of benzene rings is 1. The van der Waals surface area contributed by atoms with Gasteiger partial charge in [-0.05, 0) is 62.8 Å². The molecular weight excluding hydrogens is 398 g/mol. The number of para-hydroxylation sites is 1. The van der Waals surface area contributed by atoms with E-state index in [0.717, 1.165) is 21.1 Å². The second kappa shape index (κ2) is 7.61. The lowest BCUT2D eigenvalue weighted by Gasteiger charge is -2.13. The Labute approximate surface area is 131 Å². The van der Waals surface area contributed by atoms with Crippen LogP contribution in [0, 0.1) is 5.92 Å². The van der Waals surface area contributed by atoms with Crippen LogP contribution in [0.2, 0.25) is 0 Å². The predicted molar refractivity (Wildman–Crippen MR) is 83.7 cm³/mol. The van der Waals surface area contributed by atoms with Gasteiger partial charge in [0.2, 0.25) is 10.0 Å². The fraction of sp³-hybridized carbons (Fsp3) is 0.500. The highest BCUT2D eigenvalue weighted by molar-refractivity contribution is 9.11. The highest BCUT2D eigenvalue weighted by Gasteiger charge is 2.10. The number of nitrogens with two attached hydrogens (primary N) is 1. The fourth-order valence-electron chi connectivity index (χ4n) is 1.49. The van der Waals surface area contributed by atoms with Gasteiger partial charge < -0.3 is 4.74 Å². The molecule has 0 amide bonds. The summed E-state index contributed by atoms with van der Waals surface area (Å²) in [5.41, 5.74) is 0. The third kappa shape index (κ3) is 6.74. The van der Waals surface area contributed by atoms with Crippen molar-refractivity contribution < 1.29 is 13.2 Å². The molecule has 0 saturated heterocycles. The van der Waals surface area contributed by atoms with E-state index < -0.39 is 10.0 Å². The molecule has 0 aliphatic carbocycles. The molecule has 0 aromatic heterocycles. The first-order chi connectivity index (χ1) is 8.79. The Morgan fingerprint density at radius 1 is 1.26 bits per heavy atom. The number of primary sulfonamides is 1. The van der Waals surface area contributed by atoms with Crippen molar-refractivity contribution in [3.8, 4) is 5.75 Å². The third-order valence-corrected chi connectivity index (χ3v) is 4.72. The summed E-state index contributed by atoms with van der Waals surface area (Å²) in [5.74, 6) is 1.04. The fourth-order valence-corrected chi connectivity index (χ4v) is 3.45. The molecule has 1 unspecified atom stereocenters. The highest BCUT2D eigenvalue weighted by Crippen LogP contribution is 2.33. The van der Waals surface area contributed by atoms with Gasteiger partial charge in [-0.2, -0.15) is 0 Å². The minimum Gasteiger partial charge on any atom is -0.491 e. The maximum absolute atomic E-state index is 10.9. The van der Waals surface area contributed by atoms with E-state index >= 15 is 0 Å². The molecule has 1 rings (SSSR count). The molecule has 1 aromatic rings. The monoisotopic (exact) mass is 413 g/mol. The van der Waals surface area contributed by atoms with Crippen molar-refractivity contribution in [2.45, 2.75) is 19.8 Å². The van der Waals surface area contributed by atoms with E-state index in [1.807, 2.05) is 25.1 Å². The van der Waals surface area contributed by atoms with E-state index in [0.29, 0.717) is 13.0 Å². The zero-order valence-corrected chi connectivity index (χ0v) is 14.6. The molecule has 7 heteroatoms. The van der Waals surface area contributed by atoms with Gasteiger partial charge in [0.15, 0.2) is 0 Å². The molecule has 108 valence electrons. The Bertz CT molecular complexity index is 499. The van der Waals surface area contributed by atoms with Crippen LogP contribution in [-0.4, -0.2) is 20.8 Å². The molecule has 0 spiro atoms. The maximum atomic E-state index is 10.9. The van der Waals surface area contributed by atoms with Gasteiger partial charge >= 0.3 is 0 Å². The van der Waals surface area contributed by atoms with Gasteiger partial charge in [0.1, 0.15) is 5.75 Å². The van der Waals surface area contributed by atoms with Crippen LogP contribution < -0.4 is 9.88 Å². The normalized spacial score (nSPS) is 13.3. The van der Waals surface area contributed by atoms with E-state index in [4.69, 9.17) is 9.88 Å². The number of rotatable bonds is 7. The molecule has 0 aliphatic rings. The molecule has 0 radical (unpaired) electrons. The first-order valence-corrected chi connectivity index (χ1v) is 9.17. The Balaban J connectivity index is 2.38.